The number of unbranched alkanes of at least 4 members (excludes halogenated alkanes) is 7. The van der Waals surface area contributed by atoms with Crippen molar-refractivity contribution in [1.82, 2.24) is 0 Å². The van der Waals surface area contributed by atoms with Gasteiger partial charge in [-0.25, -0.2) is 0 Å². The summed E-state index contributed by atoms with van der Waals surface area (Å²) in [6.07, 6.45) is 15.3. The fraction of sp³-hybridized carbons (Fsp3) is 0.812. The SMILES string of the molecule is CCCC/C=C/CC(=O)OCCCCCCCC. The third-order valence-corrected chi connectivity index (χ3v) is 2.94. The van der Waals surface area contributed by atoms with Crippen molar-refractivity contribution in [2.75, 3.05) is 6.61 Å². The summed E-state index contributed by atoms with van der Waals surface area (Å²) in [4.78, 5) is 11.3. The number of esters is 1. The zero-order chi connectivity index (χ0) is 13.5. The molecule has 0 aliphatic carbocycles. The van der Waals surface area contributed by atoms with Crippen LogP contribution in [0.2, 0.25) is 0 Å². The van der Waals surface area contributed by atoms with Crippen LogP contribution < -0.4 is 0 Å². The largest absolute Gasteiger partial charge is 0.465 e. The van der Waals surface area contributed by atoms with Gasteiger partial charge in [0.1, 0.15) is 0 Å². The molecule has 0 aliphatic heterocycles. The summed E-state index contributed by atoms with van der Waals surface area (Å²) >= 11 is 0. The molecule has 0 heterocycles. The van der Waals surface area contributed by atoms with Gasteiger partial charge in [0.2, 0.25) is 0 Å². The predicted octanol–water partition coefficient (Wildman–Crippen LogP) is 5.03. The van der Waals surface area contributed by atoms with Gasteiger partial charge in [-0.05, 0) is 12.8 Å². The molecule has 2 nitrogen and oxygen atoms in total. The van der Waals surface area contributed by atoms with Gasteiger partial charge in [0.25, 0.3) is 0 Å². The summed E-state index contributed by atoms with van der Waals surface area (Å²) in [6, 6.07) is 0. The first-order valence-corrected chi connectivity index (χ1v) is 7.61. The maximum Gasteiger partial charge on any atom is 0.309 e. The molecule has 0 aromatic heterocycles. The highest BCUT2D eigenvalue weighted by Crippen LogP contribution is 2.05. The van der Waals surface area contributed by atoms with Crippen LogP contribution in [0.4, 0.5) is 0 Å². The van der Waals surface area contributed by atoms with Gasteiger partial charge in [-0.15, -0.1) is 0 Å². The lowest BCUT2D eigenvalue weighted by molar-refractivity contribution is -0.142. The van der Waals surface area contributed by atoms with Gasteiger partial charge in [0, 0.05) is 0 Å². The molecular weight excluding hydrogens is 224 g/mol. The molecule has 18 heavy (non-hydrogen) atoms. The van der Waals surface area contributed by atoms with Crippen molar-refractivity contribution in [2.45, 2.75) is 78.1 Å². The molecule has 0 rings (SSSR count). The standard InChI is InChI=1S/C16H30O2/c1-3-5-7-9-11-13-15-18-16(17)14-12-10-8-6-4-2/h10,12H,3-9,11,13-15H2,1-2H3/b12-10+. The first kappa shape index (κ1) is 17.2. The molecule has 0 unspecified atom stereocenters. The Kier molecular flexibility index (Phi) is 13.6. The second kappa shape index (κ2) is 14.3. The smallest absolute Gasteiger partial charge is 0.309 e. The van der Waals surface area contributed by atoms with Gasteiger partial charge in [-0.1, -0.05) is 70.9 Å². The minimum Gasteiger partial charge on any atom is -0.465 e. The van der Waals surface area contributed by atoms with E-state index in [-0.39, 0.29) is 5.97 Å². The zero-order valence-electron chi connectivity index (χ0n) is 12.2. The molecule has 0 aliphatic rings. The molecule has 0 amide bonds. The van der Waals surface area contributed by atoms with Crippen molar-refractivity contribution in [2.24, 2.45) is 0 Å². The molecule has 0 radical (unpaired) electrons. The van der Waals surface area contributed by atoms with Crippen LogP contribution in [0, 0.1) is 0 Å². The zero-order valence-corrected chi connectivity index (χ0v) is 12.2. The second-order valence-electron chi connectivity index (χ2n) is 4.81. The summed E-state index contributed by atoms with van der Waals surface area (Å²) in [5, 5.41) is 0. The number of allylic oxidation sites excluding steroid dienone is 1. The molecular formula is C16H30O2. The Balaban J connectivity index is 3.24. The Bertz CT molecular complexity index is 209. The van der Waals surface area contributed by atoms with Crippen molar-refractivity contribution in [3.63, 3.8) is 0 Å². The van der Waals surface area contributed by atoms with Gasteiger partial charge in [0.15, 0.2) is 0 Å². The van der Waals surface area contributed by atoms with Gasteiger partial charge in [0.05, 0.1) is 13.0 Å². The fourth-order valence-corrected chi connectivity index (χ4v) is 1.75. The molecule has 2 heteroatoms. The Labute approximate surface area is 113 Å². The molecule has 0 fully saturated rings. The van der Waals surface area contributed by atoms with E-state index in [1.54, 1.807) is 0 Å². The summed E-state index contributed by atoms with van der Waals surface area (Å²) in [5.74, 6) is -0.0868. The predicted molar refractivity (Wildman–Crippen MR) is 77.6 cm³/mol. The molecule has 106 valence electrons. The van der Waals surface area contributed by atoms with Crippen LogP contribution in [0.15, 0.2) is 12.2 Å². The van der Waals surface area contributed by atoms with Crippen molar-refractivity contribution < 1.29 is 9.53 Å². The maximum atomic E-state index is 11.3. The van der Waals surface area contributed by atoms with Crippen molar-refractivity contribution in [1.29, 1.82) is 0 Å². The summed E-state index contributed by atoms with van der Waals surface area (Å²) in [6.45, 7) is 4.98. The van der Waals surface area contributed by atoms with Crippen LogP contribution in [0.5, 0.6) is 0 Å². The van der Waals surface area contributed by atoms with E-state index >= 15 is 0 Å². The molecule has 0 saturated heterocycles. The van der Waals surface area contributed by atoms with Crippen LogP contribution in [0.1, 0.15) is 78.1 Å². The Hall–Kier alpha value is -0.790. The highest BCUT2D eigenvalue weighted by Gasteiger charge is 1.98. The average molecular weight is 254 g/mol. The minimum atomic E-state index is -0.0868. The van der Waals surface area contributed by atoms with Crippen molar-refractivity contribution >= 4 is 5.97 Å². The molecule has 0 aromatic carbocycles. The highest BCUT2D eigenvalue weighted by molar-refractivity contribution is 5.71. The lowest BCUT2D eigenvalue weighted by Crippen LogP contribution is -2.04. The molecule has 0 atom stereocenters. The van der Waals surface area contributed by atoms with E-state index in [0.29, 0.717) is 13.0 Å². The van der Waals surface area contributed by atoms with Crippen LogP contribution in [-0.2, 0) is 9.53 Å². The average Bonchev–Trinajstić information content (AvgIpc) is 2.37. The monoisotopic (exact) mass is 254 g/mol. The van der Waals surface area contributed by atoms with Crippen molar-refractivity contribution in [3.8, 4) is 0 Å². The number of hydrogen-bond acceptors (Lipinski definition) is 2. The quantitative estimate of drug-likeness (QED) is 0.277. The Morgan fingerprint density at radius 1 is 0.889 bits per heavy atom. The first-order chi connectivity index (χ1) is 8.81. The number of ether oxygens (including phenoxy) is 1. The van der Waals surface area contributed by atoms with E-state index in [2.05, 4.69) is 19.9 Å². The lowest BCUT2D eigenvalue weighted by atomic mass is 10.1. The lowest BCUT2D eigenvalue weighted by Gasteiger charge is -2.03. The Morgan fingerprint density at radius 2 is 1.56 bits per heavy atom. The van der Waals surface area contributed by atoms with Gasteiger partial charge < -0.3 is 4.74 Å². The molecule has 0 bridgehead atoms. The minimum absolute atomic E-state index is 0.0868. The van der Waals surface area contributed by atoms with Crippen LogP contribution in [-0.4, -0.2) is 12.6 Å². The first-order valence-electron chi connectivity index (χ1n) is 7.61. The number of rotatable bonds is 12. The third-order valence-electron chi connectivity index (χ3n) is 2.94. The molecule has 0 N–H and O–H groups in total. The van der Waals surface area contributed by atoms with Crippen LogP contribution in [0.3, 0.4) is 0 Å². The van der Waals surface area contributed by atoms with Crippen LogP contribution >= 0.6 is 0 Å². The number of carbonyl (C=O) groups is 1. The maximum absolute atomic E-state index is 11.3. The van der Waals surface area contributed by atoms with Gasteiger partial charge in [-0.2, -0.15) is 0 Å². The number of carbonyl (C=O) groups excluding carboxylic acids is 1. The highest BCUT2D eigenvalue weighted by atomic mass is 16.5. The van der Waals surface area contributed by atoms with E-state index < -0.39 is 0 Å². The topological polar surface area (TPSA) is 26.3 Å². The normalized spacial score (nSPS) is 11.0. The molecule has 0 spiro atoms. The molecule has 0 aromatic rings. The summed E-state index contributed by atoms with van der Waals surface area (Å²) in [7, 11) is 0. The van der Waals surface area contributed by atoms with Crippen LogP contribution in [0.25, 0.3) is 0 Å². The van der Waals surface area contributed by atoms with E-state index in [9.17, 15) is 4.79 Å². The number of hydrogen-bond donors (Lipinski definition) is 0. The van der Waals surface area contributed by atoms with Crippen molar-refractivity contribution in [3.05, 3.63) is 12.2 Å². The van der Waals surface area contributed by atoms with Gasteiger partial charge >= 0.3 is 5.97 Å². The Morgan fingerprint density at radius 3 is 2.28 bits per heavy atom. The van der Waals surface area contributed by atoms with E-state index in [4.69, 9.17) is 4.74 Å². The molecule has 0 saturated carbocycles. The van der Waals surface area contributed by atoms with Gasteiger partial charge in [-0.3, -0.25) is 4.79 Å². The third kappa shape index (κ3) is 13.3. The second-order valence-corrected chi connectivity index (χ2v) is 4.81. The van der Waals surface area contributed by atoms with E-state index in [1.165, 1.54) is 44.9 Å². The van der Waals surface area contributed by atoms with E-state index in [1.807, 2.05) is 6.08 Å². The summed E-state index contributed by atoms with van der Waals surface area (Å²) in [5.41, 5.74) is 0. The fourth-order valence-electron chi connectivity index (χ4n) is 1.75. The summed E-state index contributed by atoms with van der Waals surface area (Å²) < 4.78 is 5.16. The van der Waals surface area contributed by atoms with E-state index in [0.717, 1.165) is 12.8 Å².